The molecular formula is C29H55N3O3S. The second-order valence-electron chi connectivity index (χ2n) is 9.60. The molecule has 0 radical (unpaired) electrons. The Balaban J connectivity index is -0.000000503. The van der Waals surface area contributed by atoms with Gasteiger partial charge in [0.15, 0.2) is 0 Å². The van der Waals surface area contributed by atoms with Crippen LogP contribution in [-0.4, -0.2) is 29.7 Å². The number of rotatable bonds is 4. The molecule has 2 aromatic rings. The van der Waals surface area contributed by atoms with Crippen molar-refractivity contribution in [3.63, 3.8) is 0 Å². The van der Waals surface area contributed by atoms with E-state index in [1.54, 1.807) is 13.8 Å². The number of nitrogens with zero attached hydrogens (tertiary/aromatic N) is 2. The fourth-order valence-corrected chi connectivity index (χ4v) is 3.27. The van der Waals surface area contributed by atoms with Gasteiger partial charge in [-0.1, -0.05) is 88.3 Å². The van der Waals surface area contributed by atoms with Crippen molar-refractivity contribution in [2.75, 3.05) is 11.0 Å². The number of nitrogens with one attached hydrogen (secondary N) is 1. The second kappa shape index (κ2) is 17.5. The first-order valence-electron chi connectivity index (χ1n) is 13.1. The van der Waals surface area contributed by atoms with Crippen LogP contribution in [0, 0.1) is 13.8 Å². The predicted octanol–water partition coefficient (Wildman–Crippen LogP) is 7.88. The molecule has 210 valence electrons. The first-order valence-corrected chi connectivity index (χ1v) is 15.0. The first kappa shape index (κ1) is 38.5. The lowest BCUT2D eigenvalue weighted by atomic mass is 9.91. The molecule has 2 aromatic heterocycles. The summed E-state index contributed by atoms with van der Waals surface area (Å²) in [6.45, 7) is 29.7. The highest BCUT2D eigenvalue weighted by molar-refractivity contribution is 7.92. The predicted molar refractivity (Wildman–Crippen MR) is 158 cm³/mol. The van der Waals surface area contributed by atoms with E-state index in [1.807, 2.05) is 100 Å². The molecular weight excluding hydrogens is 470 g/mol. The van der Waals surface area contributed by atoms with Crippen LogP contribution in [0.3, 0.4) is 0 Å². The summed E-state index contributed by atoms with van der Waals surface area (Å²) in [4.78, 5) is 8.83. The molecule has 0 saturated carbocycles. The lowest BCUT2D eigenvalue weighted by Gasteiger charge is -2.20. The zero-order valence-electron chi connectivity index (χ0n) is 26.0. The summed E-state index contributed by atoms with van der Waals surface area (Å²) in [5.74, 6) is 0.812. The van der Waals surface area contributed by atoms with Crippen molar-refractivity contribution in [2.45, 2.75) is 121 Å². The maximum atomic E-state index is 11.2. The molecule has 0 bridgehead atoms. The average Bonchev–Trinajstić information content (AvgIpc) is 2.77. The van der Waals surface area contributed by atoms with Gasteiger partial charge in [0.25, 0.3) is 0 Å². The van der Waals surface area contributed by atoms with Gasteiger partial charge in [-0.15, -0.1) is 0 Å². The van der Waals surface area contributed by atoms with Crippen LogP contribution in [0.15, 0.2) is 24.3 Å². The molecule has 2 rings (SSSR count). The minimum absolute atomic E-state index is 0.0956. The molecule has 2 N–H and O–H groups in total. The van der Waals surface area contributed by atoms with Crippen molar-refractivity contribution in [1.29, 1.82) is 0 Å². The van der Waals surface area contributed by atoms with Crippen molar-refractivity contribution in [1.82, 2.24) is 9.97 Å². The number of aromatic nitrogens is 2. The maximum absolute atomic E-state index is 11.2. The van der Waals surface area contributed by atoms with Crippen molar-refractivity contribution < 1.29 is 13.5 Å². The van der Waals surface area contributed by atoms with Gasteiger partial charge in [0.2, 0.25) is 10.0 Å². The summed E-state index contributed by atoms with van der Waals surface area (Å²) >= 11 is 0. The molecule has 36 heavy (non-hydrogen) atoms. The van der Waals surface area contributed by atoms with Crippen LogP contribution in [0.2, 0.25) is 0 Å². The van der Waals surface area contributed by atoms with Crippen LogP contribution in [0.1, 0.15) is 124 Å². The smallest absolute Gasteiger partial charge is 0.230 e. The molecule has 0 atom stereocenters. The van der Waals surface area contributed by atoms with Crippen LogP contribution in [0.4, 0.5) is 5.82 Å². The largest absolute Gasteiger partial charge is 0.384 e. The van der Waals surface area contributed by atoms with Crippen LogP contribution in [0.25, 0.3) is 0 Å². The number of aliphatic hydroxyl groups is 1. The van der Waals surface area contributed by atoms with Crippen molar-refractivity contribution in [3.05, 3.63) is 52.5 Å². The van der Waals surface area contributed by atoms with E-state index in [0.29, 0.717) is 11.7 Å². The van der Waals surface area contributed by atoms with E-state index < -0.39 is 15.6 Å². The molecule has 0 aliphatic heterocycles. The molecule has 0 aliphatic carbocycles. The summed E-state index contributed by atoms with van der Waals surface area (Å²) in [5, 5.41) is 9.91. The van der Waals surface area contributed by atoms with Gasteiger partial charge in [0, 0.05) is 16.8 Å². The lowest BCUT2D eigenvalue weighted by Crippen LogP contribution is -2.20. The fraction of sp³-hybridized carbons (Fsp3) is 0.655. The van der Waals surface area contributed by atoms with Gasteiger partial charge >= 0.3 is 0 Å². The highest BCUT2D eigenvalue weighted by Gasteiger charge is 2.21. The molecule has 0 fully saturated rings. The second-order valence-corrected chi connectivity index (χ2v) is 11.4. The van der Waals surface area contributed by atoms with Gasteiger partial charge in [0.05, 0.1) is 11.9 Å². The summed E-state index contributed by atoms with van der Waals surface area (Å²) in [5.41, 5.74) is 3.59. The van der Waals surface area contributed by atoms with E-state index in [1.165, 1.54) is 0 Å². The number of pyridine rings is 2. The summed E-state index contributed by atoms with van der Waals surface area (Å²) in [6.07, 6.45) is 1.12. The van der Waals surface area contributed by atoms with Crippen LogP contribution >= 0.6 is 0 Å². The molecule has 0 spiro atoms. The zero-order valence-corrected chi connectivity index (χ0v) is 26.8. The number of hydrogen-bond acceptors (Lipinski definition) is 5. The minimum Gasteiger partial charge on any atom is -0.384 e. The number of aryl methyl sites for hydroxylation is 2. The lowest BCUT2D eigenvalue weighted by molar-refractivity contribution is 0.0728. The Morgan fingerprint density at radius 3 is 1.61 bits per heavy atom. The molecule has 0 aliphatic rings. The average molecular weight is 526 g/mol. The van der Waals surface area contributed by atoms with E-state index in [2.05, 4.69) is 28.5 Å². The highest BCUT2D eigenvalue weighted by atomic mass is 32.2. The first-order chi connectivity index (χ1) is 16.4. The van der Waals surface area contributed by atoms with E-state index >= 15 is 0 Å². The summed E-state index contributed by atoms with van der Waals surface area (Å²) in [6, 6.07) is 7.84. The number of sulfonamides is 1. The topological polar surface area (TPSA) is 92.2 Å². The Morgan fingerprint density at radius 1 is 0.806 bits per heavy atom. The molecule has 7 heteroatoms. The van der Waals surface area contributed by atoms with Crippen molar-refractivity contribution >= 4 is 15.8 Å². The van der Waals surface area contributed by atoms with E-state index in [-0.39, 0.29) is 5.41 Å². The molecule has 0 saturated heterocycles. The molecule has 0 unspecified atom stereocenters. The van der Waals surface area contributed by atoms with E-state index in [4.69, 9.17) is 0 Å². The van der Waals surface area contributed by atoms with Crippen LogP contribution < -0.4 is 4.72 Å². The molecule has 0 amide bonds. The van der Waals surface area contributed by atoms with Crippen molar-refractivity contribution in [3.8, 4) is 0 Å². The molecule has 6 nitrogen and oxygen atoms in total. The normalized spacial score (nSPS) is 10.8. The van der Waals surface area contributed by atoms with Gasteiger partial charge in [-0.25, -0.2) is 13.4 Å². The van der Waals surface area contributed by atoms with Crippen molar-refractivity contribution in [2.24, 2.45) is 0 Å². The third-order valence-electron chi connectivity index (χ3n) is 4.44. The number of anilines is 1. The highest BCUT2D eigenvalue weighted by Crippen LogP contribution is 2.24. The SMILES string of the molecule is CC.CC.CC.Cc1ccc(C(C)(C)C)nc1NS(C)(=O)=O.Cc1ccc(C(C)C)nc1C(C)(C)O. The summed E-state index contributed by atoms with van der Waals surface area (Å²) < 4.78 is 24.7. The van der Waals surface area contributed by atoms with E-state index in [9.17, 15) is 13.5 Å². The van der Waals surface area contributed by atoms with E-state index in [0.717, 1.165) is 34.5 Å². The van der Waals surface area contributed by atoms with Gasteiger partial charge in [-0.2, -0.15) is 0 Å². The Hall–Kier alpha value is -1.99. The molecule has 0 aromatic carbocycles. The Morgan fingerprint density at radius 2 is 1.25 bits per heavy atom. The quantitative estimate of drug-likeness (QED) is 0.423. The number of hydrogen-bond donors (Lipinski definition) is 2. The third-order valence-corrected chi connectivity index (χ3v) is 5.00. The van der Waals surface area contributed by atoms with Gasteiger partial charge in [-0.3, -0.25) is 9.71 Å². The van der Waals surface area contributed by atoms with Crippen LogP contribution in [-0.2, 0) is 21.0 Å². The Labute approximate surface area is 223 Å². The van der Waals surface area contributed by atoms with Gasteiger partial charge in [0.1, 0.15) is 11.4 Å². The zero-order chi connectivity index (χ0) is 29.5. The fourth-order valence-electron chi connectivity index (χ4n) is 2.71. The van der Waals surface area contributed by atoms with Gasteiger partial charge < -0.3 is 5.11 Å². The minimum atomic E-state index is -3.27. The maximum Gasteiger partial charge on any atom is 0.230 e. The standard InChI is InChI=1S/C12H19NO.C11H18N2O2S.3C2H6/c1-8(2)10-7-6-9(3)11(13-10)12(4,5)14;1-8-6-7-9(11(2,3)4)12-10(8)13-16(5,14)15;3*1-2/h6-8,14H,1-5H3;6-7H,1-5H3,(H,12,13);3*1-2H3. The Kier molecular flexibility index (Phi) is 18.7. The van der Waals surface area contributed by atoms with Crippen LogP contribution in [0.5, 0.6) is 0 Å². The third kappa shape index (κ3) is 15.2. The summed E-state index contributed by atoms with van der Waals surface area (Å²) in [7, 11) is -3.27. The molecule has 2 heterocycles. The Bertz CT molecular complexity index is 972. The van der Waals surface area contributed by atoms with Gasteiger partial charge in [-0.05, 0) is 56.9 Å². The monoisotopic (exact) mass is 525 g/mol.